The van der Waals surface area contributed by atoms with E-state index >= 15 is 0 Å². The standard InChI is InChI=1S/C15H33N3/c1-5-9-16-14-7-11-18(13(3)4)12-8-15(14)17-10-6-2/h13-17H,5-12H2,1-4H3. The van der Waals surface area contributed by atoms with Gasteiger partial charge in [-0.25, -0.2) is 0 Å². The van der Waals surface area contributed by atoms with Gasteiger partial charge in [-0.2, -0.15) is 0 Å². The Hall–Kier alpha value is -0.120. The summed E-state index contributed by atoms with van der Waals surface area (Å²) in [5.41, 5.74) is 0. The van der Waals surface area contributed by atoms with E-state index in [4.69, 9.17) is 0 Å². The highest BCUT2D eigenvalue weighted by atomic mass is 15.2. The van der Waals surface area contributed by atoms with Gasteiger partial charge in [0.15, 0.2) is 0 Å². The number of nitrogens with one attached hydrogen (secondary N) is 2. The minimum absolute atomic E-state index is 0.653. The molecule has 3 nitrogen and oxygen atoms in total. The van der Waals surface area contributed by atoms with E-state index in [0.29, 0.717) is 18.1 Å². The lowest BCUT2D eigenvalue weighted by Crippen LogP contribution is -2.48. The van der Waals surface area contributed by atoms with Crippen LogP contribution < -0.4 is 10.6 Å². The summed E-state index contributed by atoms with van der Waals surface area (Å²) in [6.45, 7) is 13.9. The molecule has 108 valence electrons. The predicted octanol–water partition coefficient (Wildman–Crippen LogP) is 2.23. The largest absolute Gasteiger partial charge is 0.312 e. The second kappa shape index (κ2) is 8.89. The van der Waals surface area contributed by atoms with Gasteiger partial charge in [0.1, 0.15) is 0 Å². The van der Waals surface area contributed by atoms with Gasteiger partial charge in [0.2, 0.25) is 0 Å². The zero-order chi connectivity index (χ0) is 13.4. The second-order valence-electron chi connectivity index (χ2n) is 5.83. The van der Waals surface area contributed by atoms with E-state index in [-0.39, 0.29) is 0 Å². The fourth-order valence-corrected chi connectivity index (χ4v) is 2.79. The third-order valence-electron chi connectivity index (χ3n) is 3.98. The molecule has 18 heavy (non-hydrogen) atoms. The number of nitrogens with zero attached hydrogens (tertiary/aromatic N) is 1. The highest BCUT2D eigenvalue weighted by Crippen LogP contribution is 2.14. The van der Waals surface area contributed by atoms with Gasteiger partial charge < -0.3 is 15.5 Å². The van der Waals surface area contributed by atoms with Crippen molar-refractivity contribution < 1.29 is 0 Å². The molecule has 1 heterocycles. The lowest BCUT2D eigenvalue weighted by molar-refractivity contribution is 0.228. The van der Waals surface area contributed by atoms with Gasteiger partial charge in [-0.15, -0.1) is 0 Å². The molecule has 1 aliphatic rings. The zero-order valence-electron chi connectivity index (χ0n) is 12.8. The van der Waals surface area contributed by atoms with Gasteiger partial charge in [-0.3, -0.25) is 0 Å². The summed E-state index contributed by atoms with van der Waals surface area (Å²) < 4.78 is 0. The van der Waals surface area contributed by atoms with Crippen LogP contribution in [0, 0.1) is 0 Å². The van der Waals surface area contributed by atoms with E-state index in [1.807, 2.05) is 0 Å². The van der Waals surface area contributed by atoms with Crippen LogP contribution in [0.2, 0.25) is 0 Å². The molecule has 2 atom stereocenters. The smallest absolute Gasteiger partial charge is 0.0233 e. The number of hydrogen-bond acceptors (Lipinski definition) is 3. The Morgan fingerprint density at radius 3 is 1.72 bits per heavy atom. The van der Waals surface area contributed by atoms with Crippen molar-refractivity contribution in [3.8, 4) is 0 Å². The normalized spacial score (nSPS) is 26.5. The molecule has 1 fully saturated rings. The maximum Gasteiger partial charge on any atom is 0.0233 e. The summed E-state index contributed by atoms with van der Waals surface area (Å²) in [5, 5.41) is 7.48. The van der Waals surface area contributed by atoms with Gasteiger partial charge >= 0.3 is 0 Å². The summed E-state index contributed by atoms with van der Waals surface area (Å²) in [4.78, 5) is 2.62. The number of rotatable bonds is 7. The van der Waals surface area contributed by atoms with Crippen LogP contribution in [-0.4, -0.2) is 49.2 Å². The zero-order valence-corrected chi connectivity index (χ0v) is 12.8. The molecule has 1 saturated heterocycles. The van der Waals surface area contributed by atoms with E-state index in [0.717, 1.165) is 13.1 Å². The van der Waals surface area contributed by atoms with Gasteiger partial charge in [0, 0.05) is 18.1 Å². The Morgan fingerprint density at radius 2 is 1.39 bits per heavy atom. The van der Waals surface area contributed by atoms with Crippen LogP contribution >= 0.6 is 0 Å². The topological polar surface area (TPSA) is 27.3 Å². The first kappa shape index (κ1) is 15.9. The van der Waals surface area contributed by atoms with Gasteiger partial charge in [-0.1, -0.05) is 13.8 Å². The fraction of sp³-hybridized carbons (Fsp3) is 1.00. The van der Waals surface area contributed by atoms with Crippen LogP contribution in [0.15, 0.2) is 0 Å². The fourth-order valence-electron chi connectivity index (χ4n) is 2.79. The Balaban J connectivity index is 2.52. The van der Waals surface area contributed by atoms with Crippen molar-refractivity contribution >= 4 is 0 Å². The minimum atomic E-state index is 0.653. The molecule has 0 aromatic heterocycles. The molecular weight excluding hydrogens is 222 g/mol. The van der Waals surface area contributed by atoms with Gasteiger partial charge in [0.05, 0.1) is 0 Å². The molecule has 2 N–H and O–H groups in total. The van der Waals surface area contributed by atoms with Crippen LogP contribution in [0.25, 0.3) is 0 Å². The van der Waals surface area contributed by atoms with Crippen LogP contribution in [0.5, 0.6) is 0 Å². The maximum absolute atomic E-state index is 3.74. The third-order valence-corrected chi connectivity index (χ3v) is 3.98. The lowest BCUT2D eigenvalue weighted by atomic mass is 10.0. The molecule has 0 amide bonds. The minimum Gasteiger partial charge on any atom is -0.312 e. The molecule has 0 aromatic rings. The van der Waals surface area contributed by atoms with Crippen molar-refractivity contribution in [1.82, 2.24) is 15.5 Å². The Labute approximate surface area is 114 Å². The average Bonchev–Trinajstić information content (AvgIpc) is 2.56. The molecule has 0 spiro atoms. The Morgan fingerprint density at radius 1 is 0.944 bits per heavy atom. The molecule has 2 unspecified atom stereocenters. The van der Waals surface area contributed by atoms with E-state index in [2.05, 4.69) is 43.2 Å². The first-order valence-corrected chi connectivity index (χ1v) is 7.89. The van der Waals surface area contributed by atoms with Crippen molar-refractivity contribution in [2.75, 3.05) is 26.2 Å². The predicted molar refractivity (Wildman–Crippen MR) is 80.1 cm³/mol. The second-order valence-corrected chi connectivity index (χ2v) is 5.83. The highest BCUT2D eigenvalue weighted by Gasteiger charge is 2.26. The molecule has 3 heteroatoms. The summed E-state index contributed by atoms with van der Waals surface area (Å²) in [6.07, 6.45) is 5.01. The van der Waals surface area contributed by atoms with Crippen LogP contribution in [-0.2, 0) is 0 Å². The molecule has 0 aromatic carbocycles. The summed E-state index contributed by atoms with van der Waals surface area (Å²) in [7, 11) is 0. The molecule has 1 aliphatic heterocycles. The van der Waals surface area contributed by atoms with E-state index < -0.39 is 0 Å². The van der Waals surface area contributed by atoms with E-state index in [1.165, 1.54) is 38.8 Å². The van der Waals surface area contributed by atoms with Gasteiger partial charge in [0.25, 0.3) is 0 Å². The molecule has 0 radical (unpaired) electrons. The lowest BCUT2D eigenvalue weighted by Gasteiger charge is -2.26. The quantitative estimate of drug-likeness (QED) is 0.730. The van der Waals surface area contributed by atoms with Gasteiger partial charge in [-0.05, 0) is 65.7 Å². The number of hydrogen-bond donors (Lipinski definition) is 2. The third kappa shape index (κ3) is 5.25. The first-order valence-electron chi connectivity index (χ1n) is 7.89. The molecule has 1 rings (SSSR count). The number of likely N-dealkylation sites (tertiary alicyclic amines) is 1. The van der Waals surface area contributed by atoms with E-state index in [1.54, 1.807) is 0 Å². The SMILES string of the molecule is CCCNC1CCN(C(C)C)CCC1NCCC. The molecule has 0 bridgehead atoms. The average molecular weight is 255 g/mol. The first-order chi connectivity index (χ1) is 8.69. The van der Waals surface area contributed by atoms with Crippen LogP contribution in [0.4, 0.5) is 0 Å². The summed E-state index contributed by atoms with van der Waals surface area (Å²) in [6, 6.07) is 1.99. The Kier molecular flexibility index (Phi) is 7.87. The van der Waals surface area contributed by atoms with E-state index in [9.17, 15) is 0 Å². The molecule has 0 saturated carbocycles. The highest BCUT2D eigenvalue weighted by molar-refractivity contribution is 4.87. The van der Waals surface area contributed by atoms with Crippen molar-refractivity contribution in [3.05, 3.63) is 0 Å². The summed E-state index contributed by atoms with van der Waals surface area (Å²) in [5.74, 6) is 0. The van der Waals surface area contributed by atoms with Crippen LogP contribution in [0.3, 0.4) is 0 Å². The van der Waals surface area contributed by atoms with Crippen LogP contribution in [0.1, 0.15) is 53.4 Å². The van der Waals surface area contributed by atoms with Crippen molar-refractivity contribution in [2.45, 2.75) is 71.5 Å². The van der Waals surface area contributed by atoms with Crippen molar-refractivity contribution in [1.29, 1.82) is 0 Å². The van der Waals surface area contributed by atoms with Crippen molar-refractivity contribution in [2.24, 2.45) is 0 Å². The maximum atomic E-state index is 3.74. The Bertz CT molecular complexity index is 188. The molecular formula is C15H33N3. The monoisotopic (exact) mass is 255 g/mol. The van der Waals surface area contributed by atoms with Crippen molar-refractivity contribution in [3.63, 3.8) is 0 Å². The summed E-state index contributed by atoms with van der Waals surface area (Å²) >= 11 is 0. The molecule has 0 aliphatic carbocycles.